The molecule has 0 saturated heterocycles. The third-order valence-corrected chi connectivity index (χ3v) is 1.62. The average molecular weight is 204 g/mol. The van der Waals surface area contributed by atoms with Gasteiger partial charge < -0.3 is 4.48 Å². The molecule has 0 atom stereocenters. The fraction of sp³-hybridized carbons (Fsp3) is 1.00. The van der Waals surface area contributed by atoms with Gasteiger partial charge in [0, 0.05) is 0 Å². The van der Waals surface area contributed by atoms with Crippen molar-refractivity contribution in [1.29, 1.82) is 0 Å². The third-order valence-electron chi connectivity index (χ3n) is 1.62. The topological polar surface area (TPSA) is 18.5 Å². The van der Waals surface area contributed by atoms with Crippen LogP contribution in [-0.2, 0) is 9.78 Å². The molecule has 0 aromatic heterocycles. The van der Waals surface area contributed by atoms with Crippen molar-refractivity contribution in [2.45, 2.75) is 39.2 Å². The van der Waals surface area contributed by atoms with Gasteiger partial charge in [-0.25, -0.2) is 9.78 Å². The lowest BCUT2D eigenvalue weighted by Gasteiger charge is -2.23. The molecule has 3 heteroatoms. The number of hydrogen-bond acceptors (Lipinski definition) is 2. The van der Waals surface area contributed by atoms with E-state index in [9.17, 15) is 0 Å². The monoisotopic (exact) mass is 204 g/mol. The van der Waals surface area contributed by atoms with E-state index < -0.39 is 0 Å². The lowest BCUT2D eigenvalue weighted by atomic mass is 10.2. The predicted octanol–water partition coefficient (Wildman–Crippen LogP) is 2.22. The molecule has 0 aromatic rings. The standard InChI is InChI=1S/C11H26NO2/c1-11(2,3)14-13-10-8-7-9-12(4,5)6/h7-10H2,1-6H3/q+1. The molecule has 0 aliphatic rings. The first-order valence-electron chi connectivity index (χ1n) is 5.32. The summed E-state index contributed by atoms with van der Waals surface area (Å²) in [6.45, 7) is 7.83. The number of quaternary nitrogens is 1. The van der Waals surface area contributed by atoms with Gasteiger partial charge in [0.05, 0.1) is 39.9 Å². The fourth-order valence-corrected chi connectivity index (χ4v) is 0.966. The average Bonchev–Trinajstić information content (AvgIpc) is 1.92. The van der Waals surface area contributed by atoms with Crippen molar-refractivity contribution in [3.63, 3.8) is 0 Å². The Balaban J connectivity index is 3.23. The van der Waals surface area contributed by atoms with E-state index in [2.05, 4.69) is 21.1 Å². The molecule has 0 aromatic carbocycles. The maximum Gasteiger partial charge on any atom is 0.0952 e. The van der Waals surface area contributed by atoms with Gasteiger partial charge in [-0.1, -0.05) is 0 Å². The zero-order valence-corrected chi connectivity index (χ0v) is 10.6. The highest BCUT2D eigenvalue weighted by molar-refractivity contribution is 4.54. The second-order valence-electron chi connectivity index (χ2n) is 5.74. The molecule has 0 bridgehead atoms. The highest BCUT2D eigenvalue weighted by Crippen LogP contribution is 2.07. The SMILES string of the molecule is CC(C)(C)OOCCCC[N+](C)(C)C. The van der Waals surface area contributed by atoms with Crippen LogP contribution < -0.4 is 0 Å². The maximum absolute atomic E-state index is 5.16. The third kappa shape index (κ3) is 11.9. The van der Waals surface area contributed by atoms with Crippen molar-refractivity contribution in [3.8, 4) is 0 Å². The highest BCUT2D eigenvalue weighted by atomic mass is 17.2. The van der Waals surface area contributed by atoms with Gasteiger partial charge in [0.1, 0.15) is 0 Å². The molecule has 0 amide bonds. The van der Waals surface area contributed by atoms with E-state index in [0.29, 0.717) is 6.61 Å². The molecule has 0 rings (SSSR count). The zero-order valence-electron chi connectivity index (χ0n) is 10.6. The Morgan fingerprint density at radius 3 is 2.00 bits per heavy atom. The molecule has 0 fully saturated rings. The van der Waals surface area contributed by atoms with E-state index in [0.717, 1.165) is 10.9 Å². The molecule has 0 aliphatic heterocycles. The summed E-state index contributed by atoms with van der Waals surface area (Å²) < 4.78 is 1.01. The van der Waals surface area contributed by atoms with Gasteiger partial charge in [0.2, 0.25) is 0 Å². The summed E-state index contributed by atoms with van der Waals surface area (Å²) >= 11 is 0. The van der Waals surface area contributed by atoms with Crippen molar-refractivity contribution < 1.29 is 14.3 Å². The van der Waals surface area contributed by atoms with Crippen LogP contribution in [0.15, 0.2) is 0 Å². The summed E-state index contributed by atoms with van der Waals surface area (Å²) in [7, 11) is 6.60. The molecule has 0 aliphatic carbocycles. The smallest absolute Gasteiger partial charge is 0.0952 e. The molecule has 0 saturated carbocycles. The van der Waals surface area contributed by atoms with Crippen LogP contribution in [-0.4, -0.2) is 44.4 Å². The van der Waals surface area contributed by atoms with E-state index in [1.54, 1.807) is 0 Å². The summed E-state index contributed by atoms with van der Waals surface area (Å²) in [4.78, 5) is 10.3. The first kappa shape index (κ1) is 13.9. The number of nitrogens with zero attached hydrogens (tertiary/aromatic N) is 1. The second-order valence-corrected chi connectivity index (χ2v) is 5.74. The van der Waals surface area contributed by atoms with Crippen LogP contribution in [0.2, 0.25) is 0 Å². The molecule has 14 heavy (non-hydrogen) atoms. The molecule has 0 N–H and O–H groups in total. The van der Waals surface area contributed by atoms with Gasteiger partial charge in [0.25, 0.3) is 0 Å². The lowest BCUT2D eigenvalue weighted by Crippen LogP contribution is -2.35. The molecule has 0 radical (unpaired) electrons. The van der Waals surface area contributed by atoms with E-state index >= 15 is 0 Å². The quantitative estimate of drug-likeness (QED) is 0.286. The van der Waals surface area contributed by atoms with E-state index in [1.807, 2.05) is 20.8 Å². The van der Waals surface area contributed by atoms with Crippen molar-refractivity contribution in [1.82, 2.24) is 0 Å². The van der Waals surface area contributed by atoms with Crippen molar-refractivity contribution >= 4 is 0 Å². The highest BCUT2D eigenvalue weighted by Gasteiger charge is 2.11. The predicted molar refractivity (Wildman–Crippen MR) is 58.9 cm³/mol. The number of hydrogen-bond donors (Lipinski definition) is 0. The van der Waals surface area contributed by atoms with Crippen LogP contribution in [0.4, 0.5) is 0 Å². The maximum atomic E-state index is 5.16. The lowest BCUT2D eigenvalue weighted by molar-refractivity contribution is -0.870. The fourth-order valence-electron chi connectivity index (χ4n) is 0.966. The van der Waals surface area contributed by atoms with Crippen LogP contribution in [0.25, 0.3) is 0 Å². The first-order valence-corrected chi connectivity index (χ1v) is 5.32. The van der Waals surface area contributed by atoms with E-state index in [4.69, 9.17) is 9.78 Å². The molecular formula is C11H26NO2+. The second kappa shape index (κ2) is 5.69. The van der Waals surface area contributed by atoms with Gasteiger partial charge in [0.15, 0.2) is 0 Å². The van der Waals surface area contributed by atoms with Gasteiger partial charge >= 0.3 is 0 Å². The normalized spacial score (nSPS) is 13.3. The molecule has 0 spiro atoms. The summed E-state index contributed by atoms with van der Waals surface area (Å²) in [5.41, 5.74) is -0.194. The Morgan fingerprint density at radius 2 is 1.57 bits per heavy atom. The minimum absolute atomic E-state index is 0.194. The first-order chi connectivity index (χ1) is 6.21. The summed E-state index contributed by atoms with van der Waals surface area (Å²) in [6, 6.07) is 0. The van der Waals surface area contributed by atoms with Gasteiger partial charge in [-0.05, 0) is 33.6 Å². The van der Waals surface area contributed by atoms with Gasteiger partial charge in [-0.15, -0.1) is 0 Å². The Morgan fingerprint density at radius 1 is 1.00 bits per heavy atom. The molecule has 86 valence electrons. The minimum Gasteiger partial charge on any atom is -0.331 e. The van der Waals surface area contributed by atoms with Crippen LogP contribution in [0.3, 0.4) is 0 Å². The van der Waals surface area contributed by atoms with Crippen LogP contribution in [0, 0.1) is 0 Å². The van der Waals surface area contributed by atoms with Crippen LogP contribution in [0.5, 0.6) is 0 Å². The molecular weight excluding hydrogens is 178 g/mol. The van der Waals surface area contributed by atoms with Crippen LogP contribution >= 0.6 is 0 Å². The van der Waals surface area contributed by atoms with E-state index in [-0.39, 0.29) is 5.60 Å². The summed E-state index contributed by atoms with van der Waals surface area (Å²) in [6.07, 6.45) is 2.24. The molecule has 3 nitrogen and oxygen atoms in total. The Labute approximate surface area is 88.5 Å². The van der Waals surface area contributed by atoms with E-state index in [1.165, 1.54) is 13.0 Å². The molecule has 0 unspecified atom stereocenters. The summed E-state index contributed by atoms with van der Waals surface area (Å²) in [5, 5.41) is 0. The van der Waals surface area contributed by atoms with Crippen molar-refractivity contribution in [2.75, 3.05) is 34.3 Å². The van der Waals surface area contributed by atoms with Gasteiger partial charge in [-0.3, -0.25) is 0 Å². The largest absolute Gasteiger partial charge is 0.331 e. The minimum atomic E-state index is -0.194. The Bertz CT molecular complexity index is 126. The van der Waals surface area contributed by atoms with Crippen LogP contribution in [0.1, 0.15) is 33.6 Å². The van der Waals surface area contributed by atoms with Crippen molar-refractivity contribution in [3.05, 3.63) is 0 Å². The van der Waals surface area contributed by atoms with Gasteiger partial charge in [-0.2, -0.15) is 0 Å². The van der Waals surface area contributed by atoms with Crippen molar-refractivity contribution in [2.24, 2.45) is 0 Å². The molecule has 0 heterocycles. The Hall–Kier alpha value is -0.120. The number of rotatable bonds is 6. The zero-order chi connectivity index (χ0) is 11.2. The Kier molecular flexibility index (Phi) is 5.64. The summed E-state index contributed by atoms with van der Waals surface area (Å²) in [5.74, 6) is 0. The number of unbranched alkanes of at least 4 members (excludes halogenated alkanes) is 1.